The number of ketones is 1. The highest BCUT2D eigenvalue weighted by atomic mass is 32.2. The van der Waals surface area contributed by atoms with Crippen LogP contribution in [0.1, 0.15) is 23.5 Å². The van der Waals surface area contributed by atoms with Crippen molar-refractivity contribution in [3.63, 3.8) is 0 Å². The molecule has 0 amide bonds. The van der Waals surface area contributed by atoms with Crippen molar-refractivity contribution in [2.24, 2.45) is 0 Å². The molecule has 0 radical (unpaired) electrons. The van der Waals surface area contributed by atoms with Crippen molar-refractivity contribution in [3.8, 4) is 0 Å². The molecule has 0 saturated heterocycles. The Balaban J connectivity index is 1.80. The summed E-state index contributed by atoms with van der Waals surface area (Å²) in [5, 5.41) is 3.88. The number of thioether (sulfide) groups is 1. The number of para-hydroxylation sites is 1. The van der Waals surface area contributed by atoms with Gasteiger partial charge < -0.3 is 4.74 Å². The third kappa shape index (κ3) is 4.08. The molecule has 0 bridgehead atoms. The van der Waals surface area contributed by atoms with Crippen molar-refractivity contribution in [2.75, 3.05) is 12.4 Å². The van der Waals surface area contributed by atoms with Crippen LogP contribution >= 0.6 is 23.1 Å². The molecule has 0 spiro atoms. The van der Waals surface area contributed by atoms with Gasteiger partial charge in [0.05, 0.1) is 17.9 Å². The van der Waals surface area contributed by atoms with Crippen molar-refractivity contribution in [2.45, 2.75) is 24.8 Å². The summed E-state index contributed by atoms with van der Waals surface area (Å²) in [7, 11) is 0. The van der Waals surface area contributed by atoms with E-state index in [2.05, 4.69) is 15.0 Å². The van der Waals surface area contributed by atoms with Gasteiger partial charge in [0.15, 0.2) is 11.7 Å². The number of fused-ring (bicyclic) bond motifs is 1. The molecule has 8 heteroatoms. The molecule has 0 aliphatic rings. The van der Waals surface area contributed by atoms with E-state index in [1.807, 2.05) is 36.6 Å². The first kappa shape index (κ1) is 18.5. The maximum Gasteiger partial charge on any atom is 0.323 e. The van der Waals surface area contributed by atoms with Gasteiger partial charge in [0.25, 0.3) is 0 Å². The van der Waals surface area contributed by atoms with Crippen molar-refractivity contribution in [1.29, 1.82) is 0 Å². The molecule has 1 atom stereocenters. The smallest absolute Gasteiger partial charge is 0.323 e. The number of aromatic nitrogens is 3. The van der Waals surface area contributed by atoms with Crippen LogP contribution in [0, 0.1) is 6.92 Å². The fraction of sp³-hybridized carbons (Fsp3) is 0.278. The van der Waals surface area contributed by atoms with Gasteiger partial charge >= 0.3 is 5.97 Å². The Hall–Kier alpha value is -2.32. The molecule has 3 aromatic rings. The minimum absolute atomic E-state index is 0.100. The number of carbonyl (C=O) groups excluding carboxylic acids is 2. The second-order valence-electron chi connectivity index (χ2n) is 5.46. The van der Waals surface area contributed by atoms with Gasteiger partial charge in [0.2, 0.25) is 0 Å². The van der Waals surface area contributed by atoms with E-state index < -0.39 is 11.9 Å². The predicted octanol–water partition coefficient (Wildman–Crippen LogP) is 3.40. The average Bonchev–Trinajstić information content (AvgIpc) is 3.06. The highest BCUT2D eigenvalue weighted by Gasteiger charge is 2.32. The van der Waals surface area contributed by atoms with E-state index in [4.69, 9.17) is 4.74 Å². The summed E-state index contributed by atoms with van der Waals surface area (Å²) in [6.07, 6.45) is 1.47. The molecule has 3 rings (SSSR count). The fourth-order valence-corrected chi connectivity index (χ4v) is 4.22. The molecule has 0 N–H and O–H groups in total. The number of nitrogens with zero attached hydrogens (tertiary/aromatic N) is 3. The zero-order valence-corrected chi connectivity index (χ0v) is 16.0. The highest BCUT2D eigenvalue weighted by Crippen LogP contribution is 2.28. The molecular weight excluding hydrogens is 370 g/mol. The summed E-state index contributed by atoms with van der Waals surface area (Å²) < 4.78 is 5.08. The Morgan fingerprint density at radius 1 is 1.27 bits per heavy atom. The van der Waals surface area contributed by atoms with E-state index in [-0.39, 0.29) is 18.1 Å². The van der Waals surface area contributed by atoms with E-state index in [1.165, 1.54) is 29.4 Å². The van der Waals surface area contributed by atoms with Crippen LogP contribution in [0.25, 0.3) is 10.9 Å². The van der Waals surface area contributed by atoms with Crippen LogP contribution in [-0.2, 0) is 14.3 Å². The van der Waals surface area contributed by atoms with E-state index >= 15 is 0 Å². The van der Waals surface area contributed by atoms with Crippen molar-refractivity contribution < 1.29 is 14.3 Å². The summed E-state index contributed by atoms with van der Waals surface area (Å²) in [5.74, 6) is -1.69. The van der Waals surface area contributed by atoms with Crippen molar-refractivity contribution >= 4 is 45.8 Å². The number of aryl methyl sites for hydroxylation is 1. The number of thiazole rings is 1. The molecule has 0 aliphatic carbocycles. The van der Waals surface area contributed by atoms with Gasteiger partial charge in [-0.1, -0.05) is 30.0 Å². The van der Waals surface area contributed by atoms with Gasteiger partial charge in [0, 0.05) is 16.5 Å². The molecule has 2 heterocycles. The summed E-state index contributed by atoms with van der Waals surface area (Å²) >= 11 is 2.59. The number of hydrogen-bond donors (Lipinski definition) is 0. The van der Waals surface area contributed by atoms with E-state index in [0.717, 1.165) is 16.6 Å². The van der Waals surface area contributed by atoms with Crippen LogP contribution in [-0.4, -0.2) is 39.1 Å². The second kappa shape index (κ2) is 8.37. The monoisotopic (exact) mass is 387 g/mol. The fourth-order valence-electron chi connectivity index (χ4n) is 2.42. The molecule has 26 heavy (non-hydrogen) atoms. The topological polar surface area (TPSA) is 82.0 Å². The molecule has 2 aromatic heterocycles. The van der Waals surface area contributed by atoms with Crippen LogP contribution < -0.4 is 0 Å². The summed E-state index contributed by atoms with van der Waals surface area (Å²) in [5.41, 5.74) is 1.59. The molecule has 6 nitrogen and oxygen atoms in total. The zero-order chi connectivity index (χ0) is 18.5. The first-order valence-corrected chi connectivity index (χ1v) is 9.90. The normalized spacial score (nSPS) is 12.1. The molecule has 0 aliphatic heterocycles. The molecular formula is C18H17N3O3S2. The average molecular weight is 387 g/mol. The van der Waals surface area contributed by atoms with Crippen molar-refractivity contribution in [3.05, 3.63) is 46.7 Å². The Bertz CT molecular complexity index is 937. The number of rotatable bonds is 7. The van der Waals surface area contributed by atoms with Gasteiger partial charge in [-0.3, -0.25) is 9.59 Å². The van der Waals surface area contributed by atoms with Gasteiger partial charge in [-0.05, 0) is 19.9 Å². The molecule has 1 aromatic carbocycles. The first-order valence-electron chi connectivity index (χ1n) is 8.04. The highest BCUT2D eigenvalue weighted by molar-refractivity contribution is 8.00. The Morgan fingerprint density at radius 3 is 2.81 bits per heavy atom. The number of Topliss-reactive ketones (excluding diaryl/α,β-unsaturated/α-hetero) is 1. The summed E-state index contributed by atoms with van der Waals surface area (Å²) in [4.78, 5) is 37.9. The van der Waals surface area contributed by atoms with Crippen LogP contribution in [0.15, 0.2) is 41.0 Å². The van der Waals surface area contributed by atoms with E-state index in [0.29, 0.717) is 10.0 Å². The molecule has 0 fully saturated rings. The molecule has 0 unspecified atom stereocenters. The quantitative estimate of drug-likeness (QED) is 0.266. The SMILES string of the molecule is CCOC(=O)[C@H](C(=O)CSc1ncnc2ccccc12)c1nc(C)cs1. The third-order valence-corrected chi connectivity index (χ3v) is 5.64. The van der Waals surface area contributed by atoms with Crippen LogP contribution in [0.3, 0.4) is 0 Å². The van der Waals surface area contributed by atoms with E-state index in [1.54, 1.807) is 6.92 Å². The Labute approximate surface area is 159 Å². The lowest BCUT2D eigenvalue weighted by Crippen LogP contribution is -2.25. The van der Waals surface area contributed by atoms with Gasteiger partial charge in [-0.25, -0.2) is 15.0 Å². The number of carbonyl (C=O) groups is 2. The largest absolute Gasteiger partial charge is 0.465 e. The number of benzene rings is 1. The van der Waals surface area contributed by atoms with E-state index in [9.17, 15) is 9.59 Å². The first-order chi connectivity index (χ1) is 12.6. The van der Waals surface area contributed by atoms with Gasteiger partial charge in [0.1, 0.15) is 16.4 Å². The summed E-state index contributed by atoms with van der Waals surface area (Å²) in [6, 6.07) is 7.60. The van der Waals surface area contributed by atoms with Crippen LogP contribution in [0.2, 0.25) is 0 Å². The third-order valence-electron chi connectivity index (χ3n) is 3.59. The summed E-state index contributed by atoms with van der Waals surface area (Å²) in [6.45, 7) is 3.76. The molecule has 134 valence electrons. The van der Waals surface area contributed by atoms with Gasteiger partial charge in [-0.2, -0.15) is 0 Å². The maximum atomic E-state index is 12.8. The lowest BCUT2D eigenvalue weighted by atomic mass is 10.1. The minimum atomic E-state index is -0.991. The number of hydrogen-bond acceptors (Lipinski definition) is 8. The minimum Gasteiger partial charge on any atom is -0.465 e. The number of ether oxygens (including phenoxy) is 1. The molecule has 0 saturated carbocycles. The predicted molar refractivity (Wildman–Crippen MR) is 101 cm³/mol. The zero-order valence-electron chi connectivity index (χ0n) is 14.3. The second-order valence-corrected chi connectivity index (χ2v) is 7.32. The van der Waals surface area contributed by atoms with Crippen LogP contribution in [0.4, 0.5) is 0 Å². The Kier molecular flexibility index (Phi) is 5.95. The standard InChI is InChI=1S/C18H17N3O3S2/c1-3-24-18(23)15(17-21-11(2)8-25-17)14(22)9-26-16-12-6-4-5-7-13(12)19-10-20-16/h4-8,10,15H,3,9H2,1-2H3/t15-/m1/s1. The maximum absolute atomic E-state index is 12.8. The lowest BCUT2D eigenvalue weighted by molar-refractivity contribution is -0.147. The van der Waals surface area contributed by atoms with Crippen LogP contribution in [0.5, 0.6) is 0 Å². The van der Waals surface area contributed by atoms with Crippen molar-refractivity contribution in [1.82, 2.24) is 15.0 Å². The number of esters is 1. The Morgan fingerprint density at radius 2 is 2.08 bits per heavy atom. The van der Waals surface area contributed by atoms with Gasteiger partial charge in [-0.15, -0.1) is 11.3 Å². The lowest BCUT2D eigenvalue weighted by Gasteiger charge is -2.12.